The molecule has 8 nitrogen and oxygen atoms in total. The average molecular weight is 481 g/mol. The van der Waals surface area contributed by atoms with Gasteiger partial charge >= 0.3 is 0 Å². The molecule has 0 saturated carbocycles. The summed E-state index contributed by atoms with van der Waals surface area (Å²) >= 11 is 0. The van der Waals surface area contributed by atoms with Crippen LogP contribution in [0.5, 0.6) is 11.5 Å². The van der Waals surface area contributed by atoms with E-state index >= 15 is 0 Å². The van der Waals surface area contributed by atoms with E-state index in [4.69, 9.17) is 14.2 Å². The van der Waals surface area contributed by atoms with Crippen LogP contribution in [0, 0.1) is 6.92 Å². The Morgan fingerprint density at radius 2 is 1.74 bits per heavy atom. The van der Waals surface area contributed by atoms with E-state index in [1.54, 1.807) is 43.4 Å². The maximum Gasteiger partial charge on any atom is 0.295 e. The number of Topliss-reactive ketones (excluding diaryl/α,β-unsaturated/α-hetero) is 1. The van der Waals surface area contributed by atoms with E-state index in [1.807, 2.05) is 25.1 Å². The van der Waals surface area contributed by atoms with Crippen LogP contribution >= 0.6 is 0 Å². The number of carbonyl (C=O) groups excluding carboxylic acids is 2. The van der Waals surface area contributed by atoms with E-state index in [0.717, 1.165) is 25.2 Å². The minimum absolute atomic E-state index is 0.0652. The van der Waals surface area contributed by atoms with Crippen molar-refractivity contribution >= 4 is 17.4 Å². The Bertz CT molecular complexity index is 1120. The standard InChI is InChI=1S/C27H32N2O6/c1-18-17-19(9-10-21(18)33-2)25(30)23-24(20-7-4-5-8-22(20)34-3)29(27(32)26(23)31)12-6-11-28-13-15-35-16-14-28/h4-5,7-10,17,24,30H,6,11-16H2,1-3H3/t24-/m1/s1. The molecule has 0 aromatic heterocycles. The summed E-state index contributed by atoms with van der Waals surface area (Å²) in [5.74, 6) is -0.297. The van der Waals surface area contributed by atoms with Crippen LogP contribution in [0.4, 0.5) is 0 Å². The molecule has 2 aromatic rings. The summed E-state index contributed by atoms with van der Waals surface area (Å²) in [7, 11) is 3.13. The van der Waals surface area contributed by atoms with Gasteiger partial charge in [0.1, 0.15) is 17.3 Å². The summed E-state index contributed by atoms with van der Waals surface area (Å²) < 4.78 is 16.3. The molecule has 186 valence electrons. The molecule has 2 saturated heterocycles. The number of morpholine rings is 1. The largest absolute Gasteiger partial charge is 0.507 e. The maximum atomic E-state index is 13.3. The number of nitrogens with zero attached hydrogens (tertiary/aromatic N) is 2. The SMILES string of the molecule is COc1ccc(C(O)=C2C(=O)C(=O)N(CCCN3CCOCC3)[C@@H]2c2ccccc2OC)cc1C. The number of rotatable bonds is 8. The number of aryl methyl sites for hydroxylation is 1. The summed E-state index contributed by atoms with van der Waals surface area (Å²) in [5.41, 5.74) is 1.99. The number of ketones is 1. The van der Waals surface area contributed by atoms with Gasteiger partial charge in [0.2, 0.25) is 0 Å². The molecular weight excluding hydrogens is 448 g/mol. The van der Waals surface area contributed by atoms with Gasteiger partial charge in [-0.1, -0.05) is 18.2 Å². The summed E-state index contributed by atoms with van der Waals surface area (Å²) in [6.45, 7) is 6.14. The molecule has 0 bridgehead atoms. The van der Waals surface area contributed by atoms with Crippen LogP contribution in [-0.2, 0) is 14.3 Å². The highest BCUT2D eigenvalue weighted by molar-refractivity contribution is 6.46. The van der Waals surface area contributed by atoms with Crippen molar-refractivity contribution < 1.29 is 28.9 Å². The van der Waals surface area contributed by atoms with Gasteiger partial charge < -0.3 is 24.2 Å². The van der Waals surface area contributed by atoms with Crippen LogP contribution in [-0.4, -0.2) is 80.2 Å². The number of amides is 1. The zero-order chi connectivity index (χ0) is 24.9. The van der Waals surface area contributed by atoms with E-state index in [-0.39, 0.29) is 11.3 Å². The van der Waals surface area contributed by atoms with Crippen molar-refractivity contribution in [3.63, 3.8) is 0 Å². The van der Waals surface area contributed by atoms with Crippen LogP contribution in [0.25, 0.3) is 5.76 Å². The molecule has 1 atom stereocenters. The molecule has 8 heteroatoms. The van der Waals surface area contributed by atoms with Gasteiger partial charge in [0.15, 0.2) is 0 Å². The van der Waals surface area contributed by atoms with E-state index in [0.29, 0.717) is 48.8 Å². The van der Waals surface area contributed by atoms with Crippen molar-refractivity contribution in [3.05, 3.63) is 64.7 Å². The van der Waals surface area contributed by atoms with Crippen molar-refractivity contribution in [2.45, 2.75) is 19.4 Å². The Hall–Kier alpha value is -3.36. The Morgan fingerprint density at radius 3 is 2.43 bits per heavy atom. The first-order valence-electron chi connectivity index (χ1n) is 11.8. The molecule has 1 N–H and O–H groups in total. The minimum Gasteiger partial charge on any atom is -0.507 e. The Morgan fingerprint density at radius 1 is 1.03 bits per heavy atom. The first kappa shape index (κ1) is 24.8. The smallest absolute Gasteiger partial charge is 0.295 e. The topological polar surface area (TPSA) is 88.5 Å². The molecule has 0 radical (unpaired) electrons. The molecule has 2 aliphatic rings. The Kier molecular flexibility index (Phi) is 7.73. The third-order valence-corrected chi connectivity index (χ3v) is 6.62. The van der Waals surface area contributed by atoms with Crippen LogP contribution in [0.1, 0.15) is 29.2 Å². The van der Waals surface area contributed by atoms with Gasteiger partial charge in [0.05, 0.1) is 39.0 Å². The van der Waals surface area contributed by atoms with Crippen molar-refractivity contribution in [2.75, 3.05) is 53.6 Å². The molecule has 35 heavy (non-hydrogen) atoms. The highest BCUT2D eigenvalue weighted by Crippen LogP contribution is 2.43. The van der Waals surface area contributed by atoms with Gasteiger partial charge in [-0.15, -0.1) is 0 Å². The zero-order valence-electron chi connectivity index (χ0n) is 20.5. The van der Waals surface area contributed by atoms with Crippen LogP contribution < -0.4 is 9.47 Å². The lowest BCUT2D eigenvalue weighted by Crippen LogP contribution is -2.39. The van der Waals surface area contributed by atoms with Gasteiger partial charge in [0.25, 0.3) is 11.7 Å². The van der Waals surface area contributed by atoms with Gasteiger partial charge in [-0.05, 0) is 43.2 Å². The molecule has 0 spiro atoms. The van der Waals surface area contributed by atoms with Crippen LogP contribution in [0.15, 0.2) is 48.0 Å². The molecule has 0 unspecified atom stereocenters. The monoisotopic (exact) mass is 480 g/mol. The minimum atomic E-state index is -0.752. The fourth-order valence-corrected chi connectivity index (χ4v) is 4.80. The van der Waals surface area contributed by atoms with Crippen LogP contribution in [0.2, 0.25) is 0 Å². The zero-order valence-corrected chi connectivity index (χ0v) is 20.5. The van der Waals surface area contributed by atoms with Crippen LogP contribution in [0.3, 0.4) is 0 Å². The highest BCUT2D eigenvalue weighted by Gasteiger charge is 2.46. The summed E-state index contributed by atoms with van der Waals surface area (Å²) in [5, 5.41) is 11.3. The first-order chi connectivity index (χ1) is 17.0. The van der Waals surface area contributed by atoms with Gasteiger partial charge in [-0.25, -0.2) is 0 Å². The molecule has 2 fully saturated rings. The Balaban J connectivity index is 1.72. The van der Waals surface area contributed by atoms with E-state index in [9.17, 15) is 14.7 Å². The number of hydrogen-bond acceptors (Lipinski definition) is 7. The van der Waals surface area contributed by atoms with E-state index < -0.39 is 17.7 Å². The number of methoxy groups -OCH3 is 2. The Labute approximate surface area is 205 Å². The molecule has 2 aliphatic heterocycles. The van der Waals surface area contributed by atoms with Gasteiger partial charge in [-0.2, -0.15) is 0 Å². The second-order valence-electron chi connectivity index (χ2n) is 8.73. The maximum absolute atomic E-state index is 13.3. The molecule has 2 aromatic carbocycles. The van der Waals surface area contributed by atoms with Crippen molar-refractivity contribution in [3.8, 4) is 11.5 Å². The number of aliphatic hydroxyl groups excluding tert-OH is 1. The fourth-order valence-electron chi connectivity index (χ4n) is 4.80. The molecular formula is C27H32N2O6. The number of carbonyl (C=O) groups is 2. The number of ether oxygens (including phenoxy) is 3. The van der Waals surface area contributed by atoms with E-state index in [2.05, 4.69) is 4.90 Å². The van der Waals surface area contributed by atoms with Crippen molar-refractivity contribution in [2.24, 2.45) is 0 Å². The molecule has 4 rings (SSSR count). The summed E-state index contributed by atoms with van der Waals surface area (Å²) in [6.07, 6.45) is 0.695. The molecule has 1 amide bonds. The number of aliphatic hydroxyl groups is 1. The fraction of sp³-hybridized carbons (Fsp3) is 0.407. The third-order valence-electron chi connectivity index (χ3n) is 6.62. The normalized spacial score (nSPS) is 20.3. The summed E-state index contributed by atoms with van der Waals surface area (Å²) in [6, 6.07) is 11.7. The third kappa shape index (κ3) is 5.04. The first-order valence-corrected chi connectivity index (χ1v) is 11.8. The van der Waals surface area contributed by atoms with Crippen molar-refractivity contribution in [1.82, 2.24) is 9.80 Å². The molecule has 0 aliphatic carbocycles. The lowest BCUT2D eigenvalue weighted by atomic mass is 9.94. The number of benzene rings is 2. The summed E-state index contributed by atoms with van der Waals surface area (Å²) in [4.78, 5) is 30.4. The predicted octanol–water partition coefficient (Wildman–Crippen LogP) is 3.16. The second kappa shape index (κ2) is 10.9. The van der Waals surface area contributed by atoms with Crippen molar-refractivity contribution in [1.29, 1.82) is 0 Å². The number of likely N-dealkylation sites (tertiary alicyclic amines) is 1. The quantitative estimate of drug-likeness (QED) is 0.353. The lowest BCUT2D eigenvalue weighted by molar-refractivity contribution is -0.140. The second-order valence-corrected chi connectivity index (χ2v) is 8.73. The predicted molar refractivity (Wildman–Crippen MR) is 132 cm³/mol. The van der Waals surface area contributed by atoms with E-state index in [1.165, 1.54) is 0 Å². The van der Waals surface area contributed by atoms with Gasteiger partial charge in [0, 0.05) is 37.3 Å². The molecule has 2 heterocycles. The number of para-hydroxylation sites is 1. The average Bonchev–Trinajstić information content (AvgIpc) is 3.13. The highest BCUT2D eigenvalue weighted by atomic mass is 16.5. The number of hydrogen-bond donors (Lipinski definition) is 1. The lowest BCUT2D eigenvalue weighted by Gasteiger charge is -2.29. The van der Waals surface area contributed by atoms with Gasteiger partial charge in [-0.3, -0.25) is 14.5 Å².